The zero-order chi connectivity index (χ0) is 26.9. The molecule has 1 N–H and O–H groups in total. The maximum absolute atomic E-state index is 12.9. The molecule has 0 fully saturated rings. The minimum Gasteiger partial charge on any atom is -0.489 e. The number of para-hydroxylation sites is 1. The van der Waals surface area contributed by atoms with Crippen LogP contribution in [0.1, 0.15) is 16.7 Å². The van der Waals surface area contributed by atoms with Crippen LogP contribution in [0, 0.1) is 11.3 Å². The zero-order valence-electron chi connectivity index (χ0n) is 21.2. The largest absolute Gasteiger partial charge is 0.489 e. The molecule has 6 nitrogen and oxygen atoms in total. The number of aromatic nitrogens is 2. The van der Waals surface area contributed by atoms with Crippen molar-refractivity contribution in [2.24, 2.45) is 0 Å². The van der Waals surface area contributed by atoms with Crippen LogP contribution in [-0.2, 0) is 17.9 Å². The minimum atomic E-state index is -0.445. The van der Waals surface area contributed by atoms with Crippen LogP contribution in [0.5, 0.6) is 5.75 Å². The molecule has 0 radical (unpaired) electrons. The van der Waals surface area contributed by atoms with E-state index in [1.165, 1.54) is 0 Å². The van der Waals surface area contributed by atoms with Crippen LogP contribution in [0.3, 0.4) is 0 Å². The molecule has 0 saturated carbocycles. The van der Waals surface area contributed by atoms with Crippen molar-refractivity contribution < 1.29 is 9.53 Å². The van der Waals surface area contributed by atoms with Gasteiger partial charge in [-0.2, -0.15) is 10.4 Å². The predicted octanol–water partition coefficient (Wildman–Crippen LogP) is 6.34. The third-order valence-electron chi connectivity index (χ3n) is 6.08. The Hall–Kier alpha value is -5.41. The first-order valence-corrected chi connectivity index (χ1v) is 12.6. The van der Waals surface area contributed by atoms with E-state index in [1.807, 2.05) is 121 Å². The molecular formula is C33H26N4O2. The van der Waals surface area contributed by atoms with Crippen LogP contribution in [0.4, 0.5) is 0 Å². The van der Waals surface area contributed by atoms with Gasteiger partial charge < -0.3 is 10.1 Å². The summed E-state index contributed by atoms with van der Waals surface area (Å²) in [6.45, 7) is 0.769. The maximum atomic E-state index is 12.9. The highest BCUT2D eigenvalue weighted by Crippen LogP contribution is 2.29. The molecular weight excluding hydrogens is 484 g/mol. The summed E-state index contributed by atoms with van der Waals surface area (Å²) in [6.07, 6.45) is 3.41. The molecule has 0 aliphatic carbocycles. The normalized spacial score (nSPS) is 11.0. The Morgan fingerprint density at radius 3 is 2.23 bits per heavy atom. The monoisotopic (exact) mass is 510 g/mol. The highest BCUT2D eigenvalue weighted by molar-refractivity contribution is 6.02. The number of hydrogen-bond donors (Lipinski definition) is 1. The van der Waals surface area contributed by atoms with Gasteiger partial charge in [0, 0.05) is 23.9 Å². The maximum Gasteiger partial charge on any atom is 0.262 e. The van der Waals surface area contributed by atoms with Gasteiger partial charge in [0.05, 0.1) is 5.69 Å². The third kappa shape index (κ3) is 6.48. The summed E-state index contributed by atoms with van der Waals surface area (Å²) < 4.78 is 7.78. The number of rotatable bonds is 9. The van der Waals surface area contributed by atoms with Gasteiger partial charge in [-0.3, -0.25) is 4.79 Å². The molecule has 0 saturated heterocycles. The molecule has 39 heavy (non-hydrogen) atoms. The molecule has 1 aromatic heterocycles. The fraction of sp³-hybridized carbons (Fsp3) is 0.0606. The Bertz CT molecular complexity index is 1620. The second-order valence-corrected chi connectivity index (χ2v) is 8.85. The Morgan fingerprint density at radius 2 is 1.54 bits per heavy atom. The Kier molecular flexibility index (Phi) is 7.91. The van der Waals surface area contributed by atoms with Gasteiger partial charge in [-0.05, 0) is 41.5 Å². The lowest BCUT2D eigenvalue weighted by Crippen LogP contribution is -2.23. The van der Waals surface area contributed by atoms with Crippen LogP contribution < -0.4 is 10.1 Å². The summed E-state index contributed by atoms with van der Waals surface area (Å²) in [6, 6.07) is 38.9. The average Bonchev–Trinajstić information content (AvgIpc) is 3.43. The molecule has 5 aromatic rings. The molecule has 0 unspecified atom stereocenters. The Labute approximate surface area is 227 Å². The van der Waals surface area contributed by atoms with Gasteiger partial charge >= 0.3 is 0 Å². The number of nitrogens with one attached hydrogen (secondary N) is 1. The highest BCUT2D eigenvalue weighted by atomic mass is 16.5. The average molecular weight is 511 g/mol. The summed E-state index contributed by atoms with van der Waals surface area (Å²) in [5.74, 6) is 0.251. The van der Waals surface area contributed by atoms with Crippen molar-refractivity contribution in [1.82, 2.24) is 15.1 Å². The lowest BCUT2D eigenvalue weighted by molar-refractivity contribution is -0.117. The van der Waals surface area contributed by atoms with E-state index in [0.717, 1.165) is 22.4 Å². The summed E-state index contributed by atoms with van der Waals surface area (Å²) in [7, 11) is 0. The summed E-state index contributed by atoms with van der Waals surface area (Å²) in [5.41, 5.74) is 4.97. The molecule has 6 heteroatoms. The number of carbonyl (C=O) groups excluding carboxylic acids is 1. The second-order valence-electron chi connectivity index (χ2n) is 8.85. The fourth-order valence-corrected chi connectivity index (χ4v) is 4.08. The molecule has 0 aliphatic heterocycles. The summed E-state index contributed by atoms with van der Waals surface area (Å²) in [5, 5.41) is 17.5. The van der Waals surface area contributed by atoms with Crippen molar-refractivity contribution in [2.75, 3.05) is 0 Å². The van der Waals surface area contributed by atoms with Crippen molar-refractivity contribution in [3.8, 4) is 28.8 Å². The van der Waals surface area contributed by atoms with Gasteiger partial charge in [-0.25, -0.2) is 4.68 Å². The van der Waals surface area contributed by atoms with Crippen LogP contribution >= 0.6 is 0 Å². The van der Waals surface area contributed by atoms with Crippen molar-refractivity contribution >= 4 is 12.0 Å². The number of carbonyl (C=O) groups is 1. The van der Waals surface area contributed by atoms with E-state index >= 15 is 0 Å². The number of hydrogen-bond acceptors (Lipinski definition) is 4. The van der Waals surface area contributed by atoms with Crippen molar-refractivity contribution in [1.29, 1.82) is 5.26 Å². The van der Waals surface area contributed by atoms with Gasteiger partial charge in [-0.15, -0.1) is 0 Å². The molecule has 0 bridgehead atoms. The first-order valence-electron chi connectivity index (χ1n) is 12.6. The van der Waals surface area contributed by atoms with E-state index in [1.54, 1.807) is 10.8 Å². The quantitative estimate of drug-likeness (QED) is 0.185. The predicted molar refractivity (Wildman–Crippen MR) is 152 cm³/mol. The number of nitrogens with zero attached hydrogens (tertiary/aromatic N) is 3. The molecule has 1 amide bonds. The second kappa shape index (κ2) is 12.2. The lowest BCUT2D eigenvalue weighted by Gasteiger charge is -2.08. The van der Waals surface area contributed by atoms with Gasteiger partial charge in [0.2, 0.25) is 0 Å². The van der Waals surface area contributed by atoms with Crippen LogP contribution in [0.15, 0.2) is 127 Å². The molecule has 5 rings (SSSR count). The molecule has 190 valence electrons. The first kappa shape index (κ1) is 25.2. The number of ether oxygens (including phenoxy) is 1. The minimum absolute atomic E-state index is 0.00345. The molecule has 4 aromatic carbocycles. The van der Waals surface area contributed by atoms with Crippen LogP contribution in [0.2, 0.25) is 0 Å². The van der Waals surface area contributed by atoms with Crippen LogP contribution in [0.25, 0.3) is 23.0 Å². The van der Waals surface area contributed by atoms with E-state index in [4.69, 9.17) is 9.84 Å². The lowest BCUT2D eigenvalue weighted by atomic mass is 10.1. The number of benzene rings is 4. The van der Waals surface area contributed by atoms with E-state index in [-0.39, 0.29) is 5.57 Å². The third-order valence-corrected chi connectivity index (χ3v) is 6.08. The van der Waals surface area contributed by atoms with Gasteiger partial charge in [-0.1, -0.05) is 91.0 Å². The zero-order valence-corrected chi connectivity index (χ0v) is 21.2. The van der Waals surface area contributed by atoms with E-state index < -0.39 is 5.91 Å². The Morgan fingerprint density at radius 1 is 0.872 bits per heavy atom. The molecule has 0 aliphatic rings. The first-order chi connectivity index (χ1) is 19.2. The highest BCUT2D eigenvalue weighted by Gasteiger charge is 2.16. The summed E-state index contributed by atoms with van der Waals surface area (Å²) in [4.78, 5) is 12.9. The van der Waals surface area contributed by atoms with Crippen molar-refractivity contribution in [2.45, 2.75) is 13.2 Å². The van der Waals surface area contributed by atoms with Gasteiger partial charge in [0.1, 0.15) is 29.7 Å². The molecule has 1 heterocycles. The van der Waals surface area contributed by atoms with E-state index in [2.05, 4.69) is 11.4 Å². The van der Waals surface area contributed by atoms with E-state index in [9.17, 15) is 10.1 Å². The number of nitriles is 1. The molecule has 0 spiro atoms. The Balaban J connectivity index is 1.46. The van der Waals surface area contributed by atoms with Crippen molar-refractivity contribution in [3.63, 3.8) is 0 Å². The van der Waals surface area contributed by atoms with Gasteiger partial charge in [0.25, 0.3) is 5.91 Å². The van der Waals surface area contributed by atoms with Gasteiger partial charge in [0.15, 0.2) is 0 Å². The smallest absolute Gasteiger partial charge is 0.262 e. The number of amides is 1. The summed E-state index contributed by atoms with van der Waals surface area (Å²) >= 11 is 0. The topological polar surface area (TPSA) is 79.9 Å². The SMILES string of the molecule is N#C/C(=C/c1cn(-c2ccccc2)nc1-c1cccc(OCc2ccccc2)c1)C(=O)NCc1ccccc1. The molecule has 0 atom stereocenters. The van der Waals surface area contributed by atoms with Crippen LogP contribution in [-0.4, -0.2) is 15.7 Å². The standard InChI is InChI=1S/C33H26N4O2/c34-21-28(33(38)35-22-25-11-4-1-5-12-25)19-29-23-37(30-16-8-3-9-17-30)36-32(29)27-15-10-18-31(20-27)39-24-26-13-6-2-7-14-26/h1-20,23H,22,24H2,(H,35,38)/b28-19-. The van der Waals surface area contributed by atoms with Crippen molar-refractivity contribution in [3.05, 3.63) is 144 Å². The fourth-order valence-electron chi connectivity index (χ4n) is 4.08. The van der Waals surface area contributed by atoms with E-state index in [0.29, 0.717) is 30.2 Å².